The first-order chi connectivity index (χ1) is 8.15. The summed E-state index contributed by atoms with van der Waals surface area (Å²) >= 11 is 0. The van der Waals surface area contributed by atoms with E-state index >= 15 is 0 Å². The molecule has 0 saturated carbocycles. The van der Waals surface area contributed by atoms with Crippen LogP contribution in [0.4, 0.5) is 20.2 Å². The van der Waals surface area contributed by atoms with E-state index in [0.29, 0.717) is 17.9 Å². The fourth-order valence-corrected chi connectivity index (χ4v) is 1.47. The molecule has 0 aromatic heterocycles. The molecular weight excluding hydrogens is 222 g/mol. The number of nitrogen functional groups attached to an aromatic ring is 1. The van der Waals surface area contributed by atoms with Gasteiger partial charge in [-0.2, -0.15) is 0 Å². The third-order valence-corrected chi connectivity index (χ3v) is 2.39. The Morgan fingerprint density at radius 3 is 2.35 bits per heavy atom. The summed E-state index contributed by atoms with van der Waals surface area (Å²) in [4.78, 5) is 0. The lowest BCUT2D eigenvalue weighted by atomic mass is 10.2. The molecule has 0 unspecified atom stereocenters. The molecular formula is C13H12F2N2. The van der Waals surface area contributed by atoms with Crippen molar-refractivity contribution in [2.45, 2.75) is 6.54 Å². The second-order valence-corrected chi connectivity index (χ2v) is 3.72. The SMILES string of the molecule is Nc1ccc(NCc2ccc(F)cc2)c(F)c1. The Bertz CT molecular complexity index is 509. The molecule has 4 heteroatoms. The third kappa shape index (κ3) is 2.93. The molecule has 2 rings (SSSR count). The Balaban J connectivity index is 2.04. The van der Waals surface area contributed by atoms with Gasteiger partial charge in [0.25, 0.3) is 0 Å². The summed E-state index contributed by atoms with van der Waals surface area (Å²) in [5.41, 5.74) is 7.08. The topological polar surface area (TPSA) is 38.0 Å². The molecule has 0 aliphatic rings. The van der Waals surface area contributed by atoms with Crippen LogP contribution in [0.15, 0.2) is 42.5 Å². The Kier molecular flexibility index (Phi) is 3.23. The van der Waals surface area contributed by atoms with E-state index in [0.717, 1.165) is 5.56 Å². The van der Waals surface area contributed by atoms with Crippen molar-refractivity contribution in [3.05, 3.63) is 59.7 Å². The van der Waals surface area contributed by atoms with E-state index in [1.54, 1.807) is 24.3 Å². The van der Waals surface area contributed by atoms with Gasteiger partial charge < -0.3 is 11.1 Å². The maximum Gasteiger partial charge on any atom is 0.148 e. The first kappa shape index (κ1) is 11.4. The minimum atomic E-state index is -0.396. The number of rotatable bonds is 3. The van der Waals surface area contributed by atoms with Gasteiger partial charge in [0.2, 0.25) is 0 Å². The predicted octanol–water partition coefficient (Wildman–Crippen LogP) is 3.16. The van der Waals surface area contributed by atoms with Crippen molar-refractivity contribution >= 4 is 11.4 Å². The summed E-state index contributed by atoms with van der Waals surface area (Å²) < 4.78 is 26.1. The van der Waals surface area contributed by atoms with Gasteiger partial charge in [0, 0.05) is 12.2 Å². The van der Waals surface area contributed by atoms with Crippen LogP contribution in [0.25, 0.3) is 0 Å². The Morgan fingerprint density at radius 2 is 1.71 bits per heavy atom. The van der Waals surface area contributed by atoms with E-state index in [-0.39, 0.29) is 5.82 Å². The lowest BCUT2D eigenvalue weighted by Gasteiger charge is -2.08. The molecule has 0 spiro atoms. The van der Waals surface area contributed by atoms with Gasteiger partial charge >= 0.3 is 0 Å². The normalized spacial score (nSPS) is 10.2. The highest BCUT2D eigenvalue weighted by Crippen LogP contribution is 2.17. The molecule has 0 aliphatic carbocycles. The molecule has 2 nitrogen and oxygen atoms in total. The van der Waals surface area contributed by atoms with Gasteiger partial charge in [-0.25, -0.2) is 8.78 Å². The van der Waals surface area contributed by atoms with Crippen molar-refractivity contribution in [3.8, 4) is 0 Å². The van der Waals surface area contributed by atoms with Crippen LogP contribution in [0.1, 0.15) is 5.56 Å². The van der Waals surface area contributed by atoms with Gasteiger partial charge in [-0.05, 0) is 35.9 Å². The summed E-state index contributed by atoms with van der Waals surface area (Å²) in [5, 5.41) is 2.92. The van der Waals surface area contributed by atoms with Crippen molar-refractivity contribution in [2.24, 2.45) is 0 Å². The number of nitrogens with one attached hydrogen (secondary N) is 1. The quantitative estimate of drug-likeness (QED) is 0.800. The second-order valence-electron chi connectivity index (χ2n) is 3.72. The molecule has 2 aromatic rings. The number of nitrogens with two attached hydrogens (primary N) is 1. The highest BCUT2D eigenvalue weighted by atomic mass is 19.1. The molecule has 0 atom stereocenters. The standard InChI is InChI=1S/C13H12F2N2/c14-10-3-1-9(2-4-10)8-17-13-6-5-11(16)7-12(13)15/h1-7,17H,8,16H2. The van der Waals surface area contributed by atoms with Crippen LogP contribution in [0, 0.1) is 11.6 Å². The fourth-order valence-electron chi connectivity index (χ4n) is 1.47. The number of hydrogen-bond acceptors (Lipinski definition) is 2. The van der Waals surface area contributed by atoms with E-state index < -0.39 is 5.82 Å². The largest absolute Gasteiger partial charge is 0.399 e. The van der Waals surface area contributed by atoms with Gasteiger partial charge in [-0.15, -0.1) is 0 Å². The average molecular weight is 234 g/mol. The number of benzene rings is 2. The average Bonchev–Trinajstić information content (AvgIpc) is 2.30. The summed E-state index contributed by atoms with van der Waals surface area (Å²) in [6, 6.07) is 10.5. The summed E-state index contributed by atoms with van der Waals surface area (Å²) in [7, 11) is 0. The van der Waals surface area contributed by atoms with E-state index in [4.69, 9.17) is 5.73 Å². The first-order valence-electron chi connectivity index (χ1n) is 5.18. The molecule has 0 radical (unpaired) electrons. The molecule has 0 aliphatic heterocycles. The van der Waals surface area contributed by atoms with Crippen LogP contribution < -0.4 is 11.1 Å². The molecule has 0 amide bonds. The number of anilines is 2. The Labute approximate surface area is 98.1 Å². The maximum absolute atomic E-state index is 13.4. The van der Waals surface area contributed by atoms with Crippen LogP contribution in [0.3, 0.4) is 0 Å². The summed E-state index contributed by atoms with van der Waals surface area (Å²) in [6.07, 6.45) is 0. The van der Waals surface area contributed by atoms with Crippen LogP contribution in [-0.4, -0.2) is 0 Å². The zero-order chi connectivity index (χ0) is 12.3. The van der Waals surface area contributed by atoms with Crippen molar-refractivity contribution in [1.29, 1.82) is 0 Å². The minimum Gasteiger partial charge on any atom is -0.399 e. The van der Waals surface area contributed by atoms with Crippen molar-refractivity contribution < 1.29 is 8.78 Å². The number of hydrogen-bond donors (Lipinski definition) is 2. The number of halogens is 2. The van der Waals surface area contributed by atoms with Gasteiger partial charge in [-0.3, -0.25) is 0 Å². The zero-order valence-corrected chi connectivity index (χ0v) is 9.08. The zero-order valence-electron chi connectivity index (χ0n) is 9.08. The van der Waals surface area contributed by atoms with Crippen LogP contribution in [0.2, 0.25) is 0 Å². The van der Waals surface area contributed by atoms with Gasteiger partial charge in [0.1, 0.15) is 11.6 Å². The van der Waals surface area contributed by atoms with Crippen LogP contribution >= 0.6 is 0 Å². The van der Waals surface area contributed by atoms with Crippen molar-refractivity contribution in [3.63, 3.8) is 0 Å². The highest BCUT2D eigenvalue weighted by molar-refractivity contribution is 5.52. The molecule has 0 heterocycles. The smallest absolute Gasteiger partial charge is 0.148 e. The maximum atomic E-state index is 13.4. The van der Waals surface area contributed by atoms with E-state index in [1.165, 1.54) is 18.2 Å². The molecule has 0 saturated heterocycles. The highest BCUT2D eigenvalue weighted by Gasteiger charge is 2.01. The van der Waals surface area contributed by atoms with Crippen molar-refractivity contribution in [1.82, 2.24) is 0 Å². The summed E-state index contributed by atoms with van der Waals surface area (Å²) in [6.45, 7) is 0.432. The van der Waals surface area contributed by atoms with Gasteiger partial charge in [0.15, 0.2) is 0 Å². The second kappa shape index (κ2) is 4.82. The third-order valence-electron chi connectivity index (χ3n) is 2.39. The predicted molar refractivity (Wildman–Crippen MR) is 64.5 cm³/mol. The van der Waals surface area contributed by atoms with Gasteiger partial charge in [0.05, 0.1) is 5.69 Å². The van der Waals surface area contributed by atoms with E-state index in [9.17, 15) is 8.78 Å². The van der Waals surface area contributed by atoms with Crippen molar-refractivity contribution in [2.75, 3.05) is 11.1 Å². The first-order valence-corrected chi connectivity index (χ1v) is 5.18. The monoisotopic (exact) mass is 234 g/mol. The van der Waals surface area contributed by atoms with Gasteiger partial charge in [-0.1, -0.05) is 12.1 Å². The lowest BCUT2D eigenvalue weighted by Crippen LogP contribution is -2.02. The lowest BCUT2D eigenvalue weighted by molar-refractivity contribution is 0.626. The summed E-state index contributed by atoms with van der Waals surface area (Å²) in [5.74, 6) is -0.681. The molecule has 0 fully saturated rings. The minimum absolute atomic E-state index is 0.285. The Morgan fingerprint density at radius 1 is 1.00 bits per heavy atom. The Hall–Kier alpha value is -2.10. The van der Waals surface area contributed by atoms with Crippen LogP contribution in [0.5, 0.6) is 0 Å². The molecule has 3 N–H and O–H groups in total. The van der Waals surface area contributed by atoms with E-state index in [2.05, 4.69) is 5.32 Å². The molecule has 2 aromatic carbocycles. The van der Waals surface area contributed by atoms with E-state index in [1.807, 2.05) is 0 Å². The molecule has 0 bridgehead atoms. The molecule has 17 heavy (non-hydrogen) atoms. The fraction of sp³-hybridized carbons (Fsp3) is 0.0769. The molecule has 88 valence electrons. The van der Waals surface area contributed by atoms with Crippen LogP contribution in [-0.2, 0) is 6.54 Å².